The summed E-state index contributed by atoms with van der Waals surface area (Å²) < 4.78 is 15.0. The zero-order valence-corrected chi connectivity index (χ0v) is 24.9. The maximum atomic E-state index is 13.7. The molecule has 10 nitrogen and oxygen atoms in total. The van der Waals surface area contributed by atoms with Gasteiger partial charge in [-0.2, -0.15) is 10.2 Å². The number of likely N-dealkylation sites (tertiary alicyclic amines) is 1. The molecule has 3 aliphatic rings. The van der Waals surface area contributed by atoms with Gasteiger partial charge in [0.2, 0.25) is 0 Å². The van der Waals surface area contributed by atoms with E-state index in [9.17, 15) is 14.4 Å². The Morgan fingerprint density at radius 3 is 2.66 bits per heavy atom. The molecule has 4 aromatic rings. The topological polar surface area (TPSA) is 109 Å². The minimum Gasteiger partial charge on any atom is -0.486 e. The molecule has 1 amide bonds. The third-order valence-corrected chi connectivity index (χ3v) is 9.01. The highest BCUT2D eigenvalue weighted by atomic mass is 16.5. The van der Waals surface area contributed by atoms with Gasteiger partial charge in [0.1, 0.15) is 11.4 Å². The summed E-state index contributed by atoms with van der Waals surface area (Å²) in [6.45, 7) is 2.92. The minimum absolute atomic E-state index is 0.0628. The maximum absolute atomic E-state index is 13.7. The van der Waals surface area contributed by atoms with E-state index in [1.165, 1.54) is 7.11 Å². The second-order valence-corrected chi connectivity index (χ2v) is 11.9. The maximum Gasteiger partial charge on any atom is 0.337 e. The molecule has 1 fully saturated rings. The molecule has 7 rings (SSSR count). The van der Waals surface area contributed by atoms with Gasteiger partial charge in [-0.1, -0.05) is 24.3 Å². The number of aryl methyl sites for hydroxylation is 2. The molecule has 44 heavy (non-hydrogen) atoms. The SMILES string of the molecule is COC(=O)C1=CC(n2nc(C)c3ccc(C(=O)N4CCC5(CC4)CC(=O)c4cc(-c6cnn(C)c6)ccc4O5)cc32)CC=C1. The van der Waals surface area contributed by atoms with Crippen LogP contribution in [0.2, 0.25) is 0 Å². The molecule has 10 heteroatoms. The summed E-state index contributed by atoms with van der Waals surface area (Å²) in [4.78, 5) is 41.0. The summed E-state index contributed by atoms with van der Waals surface area (Å²) in [5, 5.41) is 9.95. The van der Waals surface area contributed by atoms with Crippen molar-refractivity contribution in [2.45, 2.75) is 44.2 Å². The molecule has 2 aliphatic heterocycles. The van der Waals surface area contributed by atoms with Crippen LogP contribution in [0.25, 0.3) is 22.0 Å². The van der Waals surface area contributed by atoms with E-state index < -0.39 is 5.60 Å². The number of benzene rings is 2. The number of ether oxygens (including phenoxy) is 2. The van der Waals surface area contributed by atoms with E-state index in [0.717, 1.165) is 27.7 Å². The zero-order valence-electron chi connectivity index (χ0n) is 24.9. The standard InChI is InChI=1S/C34H33N5O5/c1-21-27-9-7-23(17-29(27)39(36-21)26-6-4-5-24(15-26)33(42)43-3)32(41)38-13-11-34(12-14-38)18-30(40)28-16-22(8-10-31(28)44-34)25-19-35-37(2)20-25/h4-5,7-10,15-17,19-20,26H,6,11-14,18H2,1-3H3. The zero-order chi connectivity index (χ0) is 30.6. The fourth-order valence-corrected chi connectivity index (χ4v) is 6.59. The van der Waals surface area contributed by atoms with Gasteiger partial charge in [-0.05, 0) is 49.2 Å². The summed E-state index contributed by atoms with van der Waals surface area (Å²) in [5.41, 5.74) is 4.61. The summed E-state index contributed by atoms with van der Waals surface area (Å²) >= 11 is 0. The third kappa shape index (κ3) is 4.80. The number of allylic oxidation sites excluding steroid dienone is 2. The number of nitrogens with zero attached hydrogens (tertiary/aromatic N) is 5. The van der Waals surface area contributed by atoms with Gasteiger partial charge in [0.25, 0.3) is 5.91 Å². The fraction of sp³-hybridized carbons (Fsp3) is 0.324. The summed E-state index contributed by atoms with van der Waals surface area (Å²) in [5.74, 6) is 0.210. The summed E-state index contributed by atoms with van der Waals surface area (Å²) in [6, 6.07) is 11.2. The fourth-order valence-electron chi connectivity index (χ4n) is 6.59. The van der Waals surface area contributed by atoms with Crippen molar-refractivity contribution in [3.05, 3.63) is 89.4 Å². The van der Waals surface area contributed by atoms with Crippen LogP contribution < -0.4 is 4.74 Å². The van der Waals surface area contributed by atoms with Crippen molar-refractivity contribution in [3.63, 3.8) is 0 Å². The Kier molecular flexibility index (Phi) is 6.72. The molecule has 1 spiro atoms. The highest BCUT2D eigenvalue weighted by Crippen LogP contribution is 2.41. The predicted octanol–water partition coefficient (Wildman–Crippen LogP) is 4.99. The number of fused-ring (bicyclic) bond motifs is 2. The molecule has 224 valence electrons. The molecule has 0 saturated carbocycles. The Morgan fingerprint density at radius 2 is 1.91 bits per heavy atom. The second kappa shape index (κ2) is 10.6. The van der Waals surface area contributed by atoms with Gasteiger partial charge >= 0.3 is 5.97 Å². The van der Waals surface area contributed by atoms with Gasteiger partial charge < -0.3 is 14.4 Å². The number of aromatic nitrogens is 4. The molecule has 2 aromatic heterocycles. The van der Waals surface area contributed by atoms with Crippen molar-refractivity contribution in [2.75, 3.05) is 20.2 Å². The van der Waals surface area contributed by atoms with Crippen LogP contribution in [0, 0.1) is 6.92 Å². The molecule has 1 unspecified atom stereocenters. The quantitative estimate of drug-likeness (QED) is 0.308. The van der Waals surface area contributed by atoms with E-state index in [1.54, 1.807) is 17.0 Å². The third-order valence-electron chi connectivity index (χ3n) is 9.01. The van der Waals surface area contributed by atoms with Crippen LogP contribution in [0.4, 0.5) is 0 Å². The van der Waals surface area contributed by atoms with Crippen molar-refractivity contribution >= 4 is 28.6 Å². The average molecular weight is 592 g/mol. The first-order chi connectivity index (χ1) is 21.2. The van der Waals surface area contributed by atoms with Crippen molar-refractivity contribution in [2.24, 2.45) is 7.05 Å². The molecular weight excluding hydrogens is 558 g/mol. The average Bonchev–Trinajstić information content (AvgIpc) is 3.63. The van der Waals surface area contributed by atoms with Gasteiger partial charge in [-0.15, -0.1) is 0 Å². The molecule has 0 N–H and O–H groups in total. The van der Waals surface area contributed by atoms with E-state index in [1.807, 2.05) is 78.3 Å². The number of methoxy groups -OCH3 is 1. The summed E-state index contributed by atoms with van der Waals surface area (Å²) in [6.07, 6.45) is 11.4. The number of Topliss-reactive ketones (excluding diaryl/α,β-unsaturated/α-hetero) is 1. The molecule has 0 radical (unpaired) electrons. The Labute approximate surface area is 254 Å². The van der Waals surface area contributed by atoms with Gasteiger partial charge in [-0.25, -0.2) is 4.79 Å². The molecular formula is C34H33N5O5. The van der Waals surface area contributed by atoms with E-state index in [4.69, 9.17) is 14.6 Å². The predicted molar refractivity (Wildman–Crippen MR) is 163 cm³/mol. The number of carbonyl (C=O) groups excluding carboxylic acids is 3. The number of rotatable bonds is 4. The van der Waals surface area contributed by atoms with Gasteiger partial charge in [0.15, 0.2) is 5.78 Å². The summed E-state index contributed by atoms with van der Waals surface area (Å²) in [7, 11) is 3.23. The van der Waals surface area contributed by atoms with Crippen molar-refractivity contribution < 1.29 is 23.9 Å². The number of hydrogen-bond acceptors (Lipinski definition) is 7. The van der Waals surface area contributed by atoms with Crippen LogP contribution >= 0.6 is 0 Å². The number of amides is 1. The highest BCUT2D eigenvalue weighted by Gasteiger charge is 2.44. The Hall–Kier alpha value is -4.99. The molecule has 1 saturated heterocycles. The molecule has 2 aromatic carbocycles. The number of carbonyl (C=O) groups is 3. The van der Waals surface area contributed by atoms with Crippen LogP contribution in [-0.4, -0.2) is 67.9 Å². The van der Waals surface area contributed by atoms with E-state index in [0.29, 0.717) is 61.2 Å². The molecule has 0 bridgehead atoms. The van der Waals surface area contributed by atoms with Crippen molar-refractivity contribution in [1.29, 1.82) is 0 Å². The van der Waals surface area contributed by atoms with E-state index in [-0.39, 0.29) is 23.7 Å². The van der Waals surface area contributed by atoms with Crippen LogP contribution in [0.1, 0.15) is 58.1 Å². The molecule has 1 aliphatic carbocycles. The first-order valence-electron chi connectivity index (χ1n) is 14.8. The molecule has 1 atom stereocenters. The van der Waals surface area contributed by atoms with E-state index >= 15 is 0 Å². The van der Waals surface area contributed by atoms with Gasteiger partial charge in [-0.3, -0.25) is 19.0 Å². The minimum atomic E-state index is -0.617. The van der Waals surface area contributed by atoms with Crippen molar-refractivity contribution in [1.82, 2.24) is 24.5 Å². The van der Waals surface area contributed by atoms with E-state index in [2.05, 4.69) is 5.10 Å². The number of ketones is 1. The smallest absolute Gasteiger partial charge is 0.337 e. The normalized spacial score (nSPS) is 19.1. The Bertz CT molecular complexity index is 1890. The Balaban J connectivity index is 1.08. The number of esters is 1. The van der Waals surface area contributed by atoms with Crippen molar-refractivity contribution in [3.8, 4) is 16.9 Å². The van der Waals surface area contributed by atoms with Crippen LogP contribution in [0.15, 0.2) is 72.6 Å². The van der Waals surface area contributed by atoms with Gasteiger partial charge in [0.05, 0.1) is 48.1 Å². The monoisotopic (exact) mass is 591 g/mol. The van der Waals surface area contributed by atoms with Crippen LogP contribution in [0.3, 0.4) is 0 Å². The van der Waals surface area contributed by atoms with Crippen LogP contribution in [-0.2, 0) is 16.6 Å². The first kappa shape index (κ1) is 27.8. The number of piperidine rings is 1. The van der Waals surface area contributed by atoms with Gasteiger partial charge in [0, 0.05) is 55.7 Å². The highest BCUT2D eigenvalue weighted by molar-refractivity contribution is 6.02. The first-order valence-corrected chi connectivity index (χ1v) is 14.8. The van der Waals surface area contributed by atoms with Crippen LogP contribution in [0.5, 0.6) is 5.75 Å². The lowest BCUT2D eigenvalue weighted by Gasteiger charge is -2.44. The Morgan fingerprint density at radius 1 is 1.09 bits per heavy atom. The lowest BCUT2D eigenvalue weighted by atomic mass is 9.82. The lowest BCUT2D eigenvalue weighted by Crippen LogP contribution is -2.52. The largest absolute Gasteiger partial charge is 0.486 e. The molecule has 4 heterocycles. The number of hydrogen-bond donors (Lipinski definition) is 0. The second-order valence-electron chi connectivity index (χ2n) is 11.9. The lowest BCUT2D eigenvalue weighted by molar-refractivity contribution is -0.135.